The van der Waals surface area contributed by atoms with Crippen LogP contribution in [0.2, 0.25) is 0 Å². The fraction of sp³-hybridized carbons (Fsp3) is 0.500. The van der Waals surface area contributed by atoms with Gasteiger partial charge in [0.1, 0.15) is 0 Å². The molecule has 0 spiro atoms. The summed E-state index contributed by atoms with van der Waals surface area (Å²) in [4.78, 5) is 10.3. The molecule has 0 aliphatic carbocycles. The van der Waals surface area contributed by atoms with Crippen LogP contribution in [0.3, 0.4) is 0 Å². The average molecular weight is 114 g/mol. The van der Waals surface area contributed by atoms with Gasteiger partial charge in [0, 0.05) is 9.67 Å². The maximum absolute atomic E-state index is 10.3. The van der Waals surface area contributed by atoms with Crippen molar-refractivity contribution >= 4 is 0 Å². The Kier molecular flexibility index (Phi) is 1.26. The van der Waals surface area contributed by atoms with Crippen molar-refractivity contribution in [1.82, 2.24) is 5.06 Å². The van der Waals surface area contributed by atoms with Gasteiger partial charge in [-0.15, -0.1) is 0 Å². The molecule has 1 rings (SSSR count). The zero-order valence-electron chi connectivity index (χ0n) is 4.28. The van der Waals surface area contributed by atoms with E-state index in [9.17, 15) is 10.1 Å². The largest absolute Gasteiger partial charge is 0.758 e. The maximum atomic E-state index is 10.3. The molecule has 0 amide bonds. The molecule has 1 heterocycles. The smallest absolute Gasteiger partial charge is 0.235 e. The quantitative estimate of drug-likeness (QED) is 0.418. The topological polar surface area (TPSA) is 46.4 Å². The normalized spacial score (nSPS) is 19.6. The second-order valence-corrected chi connectivity index (χ2v) is 1.58. The molecule has 0 saturated heterocycles. The first-order valence-electron chi connectivity index (χ1n) is 2.35. The fourth-order valence-corrected chi connectivity index (χ4v) is 0.495. The van der Waals surface area contributed by atoms with Crippen molar-refractivity contribution in [2.75, 3.05) is 13.1 Å². The molecule has 4 heteroatoms. The van der Waals surface area contributed by atoms with Gasteiger partial charge in [0.15, 0.2) is 0 Å². The molecule has 0 unspecified atom stereocenters. The zero-order chi connectivity index (χ0) is 5.98. The van der Waals surface area contributed by atoms with Gasteiger partial charge in [-0.25, -0.2) is 0 Å². The Labute approximate surface area is 46.6 Å². The van der Waals surface area contributed by atoms with Crippen molar-refractivity contribution in [3.05, 3.63) is 22.5 Å². The highest BCUT2D eigenvalue weighted by molar-refractivity contribution is 4.78. The fourth-order valence-electron chi connectivity index (χ4n) is 0.495. The highest BCUT2D eigenvalue weighted by Gasteiger charge is 2.07. The Morgan fingerprint density at radius 1 is 1.75 bits per heavy atom. The number of nitrogens with zero attached hydrogens (tertiary/aromatic N) is 2. The molecule has 8 heavy (non-hydrogen) atoms. The predicted octanol–water partition coefficient (Wildman–Crippen LogP) is 0.0499. The van der Waals surface area contributed by atoms with Gasteiger partial charge in [0.2, 0.25) is 12.7 Å². The summed E-state index contributed by atoms with van der Waals surface area (Å²) in [7, 11) is 0. The van der Waals surface area contributed by atoms with Crippen LogP contribution in [0.5, 0.6) is 0 Å². The van der Waals surface area contributed by atoms with Crippen molar-refractivity contribution in [2.45, 2.75) is 0 Å². The minimum absolute atomic E-state index is 0.278. The van der Waals surface area contributed by atoms with E-state index in [1.54, 1.807) is 0 Å². The van der Waals surface area contributed by atoms with Crippen molar-refractivity contribution in [3.63, 3.8) is 0 Å². The van der Waals surface area contributed by atoms with Crippen LogP contribution >= 0.6 is 0 Å². The molecular formula is C4H6N2O2. The van der Waals surface area contributed by atoms with Crippen LogP contribution in [-0.4, -0.2) is 22.9 Å². The first-order valence-corrected chi connectivity index (χ1v) is 2.35. The molecule has 0 saturated carbocycles. The van der Waals surface area contributed by atoms with Gasteiger partial charge in [-0.3, -0.25) is 0 Å². The van der Waals surface area contributed by atoms with Crippen LogP contribution in [0, 0.1) is 10.1 Å². The highest BCUT2D eigenvalue weighted by atomic mass is 16.5. The van der Waals surface area contributed by atoms with Crippen molar-refractivity contribution in [3.8, 4) is 0 Å². The third kappa shape index (κ3) is 1.04. The molecule has 44 valence electrons. The van der Waals surface area contributed by atoms with E-state index in [0.717, 1.165) is 9.82 Å². The van der Waals surface area contributed by atoms with Gasteiger partial charge >= 0.3 is 0 Å². The van der Waals surface area contributed by atoms with Crippen LogP contribution < -0.4 is 0 Å². The summed E-state index contributed by atoms with van der Waals surface area (Å²) in [6, 6.07) is 0. The first-order chi connectivity index (χ1) is 3.79. The van der Waals surface area contributed by atoms with E-state index in [4.69, 9.17) is 0 Å². The van der Waals surface area contributed by atoms with Crippen LogP contribution in [-0.2, 0) is 0 Å². The summed E-state index contributed by atoms with van der Waals surface area (Å²) < 4.78 is 0.731. The summed E-state index contributed by atoms with van der Waals surface area (Å²) in [6.45, 7) is 0.556. The second-order valence-electron chi connectivity index (χ2n) is 1.58. The third-order valence-corrected chi connectivity index (χ3v) is 0.940. The molecule has 1 aliphatic heterocycles. The molecule has 0 bridgehead atoms. The van der Waals surface area contributed by atoms with Crippen LogP contribution in [0.15, 0.2) is 12.4 Å². The van der Waals surface area contributed by atoms with E-state index in [0.29, 0.717) is 0 Å². The molecule has 0 aromatic heterocycles. The minimum Gasteiger partial charge on any atom is -0.758 e. The zero-order valence-corrected chi connectivity index (χ0v) is 4.28. The molecule has 1 aliphatic rings. The van der Waals surface area contributed by atoms with E-state index >= 15 is 0 Å². The molecule has 0 N–H and O–H groups in total. The van der Waals surface area contributed by atoms with Gasteiger partial charge < -0.3 is 10.3 Å². The maximum Gasteiger partial charge on any atom is 0.235 e. The second kappa shape index (κ2) is 1.92. The van der Waals surface area contributed by atoms with Crippen LogP contribution in [0.25, 0.3) is 0 Å². The Bertz CT molecular complexity index is 132. The summed E-state index contributed by atoms with van der Waals surface area (Å²) >= 11 is 0. The van der Waals surface area contributed by atoms with E-state index in [1.807, 2.05) is 0 Å². The Hall–Kier alpha value is -0.900. The Balaban J connectivity index is 2.55. The summed E-state index contributed by atoms with van der Waals surface area (Å²) in [5.74, 6) is 0. The number of hydrogen-bond acceptors (Lipinski definition) is 3. The van der Waals surface area contributed by atoms with E-state index in [1.165, 1.54) is 12.4 Å². The third-order valence-electron chi connectivity index (χ3n) is 0.940. The lowest BCUT2D eigenvalue weighted by atomic mass is 10.5. The molecule has 0 atom stereocenters. The molecule has 0 aromatic rings. The van der Waals surface area contributed by atoms with Crippen LogP contribution in [0.4, 0.5) is 0 Å². The SMILES string of the molecule is O=[N+]1C=CN([O-])CC1. The van der Waals surface area contributed by atoms with Gasteiger partial charge in [-0.05, 0) is 0 Å². The standard InChI is InChI=1S/C4H6N2O2/c7-5-1-2-6(8)4-3-5/h1-2H,3-4H2. The minimum atomic E-state index is 0.278. The monoisotopic (exact) mass is 114 g/mol. The van der Waals surface area contributed by atoms with Crippen LogP contribution in [0.1, 0.15) is 0 Å². The number of nitroso groups, excluding NO2 is 1. The number of hydroxylamine groups is 2. The Morgan fingerprint density at radius 2 is 2.50 bits per heavy atom. The van der Waals surface area contributed by atoms with Crippen molar-refractivity contribution in [2.24, 2.45) is 0 Å². The molecule has 0 radical (unpaired) electrons. The van der Waals surface area contributed by atoms with Crippen molar-refractivity contribution < 1.29 is 4.76 Å². The number of rotatable bonds is 0. The Morgan fingerprint density at radius 3 is 2.88 bits per heavy atom. The number of hydrogen-bond donors (Lipinski definition) is 0. The molecule has 4 nitrogen and oxygen atoms in total. The van der Waals surface area contributed by atoms with E-state index in [-0.39, 0.29) is 13.1 Å². The van der Waals surface area contributed by atoms with Gasteiger partial charge in [-0.2, -0.15) is 0 Å². The lowest BCUT2D eigenvalue weighted by Crippen LogP contribution is -2.23. The summed E-state index contributed by atoms with van der Waals surface area (Å²) in [5.41, 5.74) is 0. The van der Waals surface area contributed by atoms with Gasteiger partial charge in [0.25, 0.3) is 0 Å². The van der Waals surface area contributed by atoms with Gasteiger partial charge in [0.05, 0.1) is 12.7 Å². The van der Waals surface area contributed by atoms with Crippen molar-refractivity contribution in [1.29, 1.82) is 0 Å². The predicted molar refractivity (Wildman–Crippen MR) is 27.7 cm³/mol. The molecule has 0 fully saturated rings. The lowest BCUT2D eigenvalue weighted by Gasteiger charge is -2.23. The average Bonchev–Trinajstić information content (AvgIpc) is 1.77. The van der Waals surface area contributed by atoms with E-state index in [2.05, 4.69) is 0 Å². The molecular weight excluding hydrogens is 108 g/mol. The summed E-state index contributed by atoms with van der Waals surface area (Å²) in [5, 5.41) is 11.0. The highest BCUT2D eigenvalue weighted by Crippen LogP contribution is 1.92. The summed E-state index contributed by atoms with van der Waals surface area (Å²) in [6.07, 6.45) is 2.44. The first kappa shape index (κ1) is 5.24. The lowest BCUT2D eigenvalue weighted by molar-refractivity contribution is -0.484. The van der Waals surface area contributed by atoms with Gasteiger partial charge in [-0.1, -0.05) is 0 Å². The van der Waals surface area contributed by atoms with E-state index < -0.39 is 0 Å². The molecule has 0 aromatic carbocycles.